The predicted octanol–water partition coefficient (Wildman–Crippen LogP) is 11.5. The Morgan fingerprint density at radius 3 is 1.93 bits per heavy atom. The van der Waals surface area contributed by atoms with Crippen LogP contribution < -0.4 is 0 Å². The lowest BCUT2D eigenvalue weighted by Crippen LogP contribution is -2.00. The van der Waals surface area contributed by atoms with Gasteiger partial charge in [0.15, 0.2) is 17.5 Å². The predicted molar refractivity (Wildman–Crippen MR) is 189 cm³/mol. The minimum Gasteiger partial charge on any atom is -0.455 e. The molecule has 0 unspecified atom stereocenters. The van der Waals surface area contributed by atoms with Gasteiger partial charge in [0.05, 0.1) is 4.70 Å². The maximum Gasteiger partial charge on any atom is 0.165 e. The highest BCUT2D eigenvalue weighted by molar-refractivity contribution is 7.26. The molecule has 6 heteroatoms. The van der Waals surface area contributed by atoms with E-state index >= 15 is 0 Å². The fraction of sp³-hybridized carbons (Fsp3) is 0. The van der Waals surface area contributed by atoms with E-state index in [0.717, 1.165) is 48.7 Å². The van der Waals surface area contributed by atoms with Gasteiger partial charge < -0.3 is 4.42 Å². The van der Waals surface area contributed by atoms with Crippen molar-refractivity contribution in [3.63, 3.8) is 0 Å². The Bertz CT molecular complexity index is 2770. The second kappa shape index (κ2) is 9.53. The third-order valence-electron chi connectivity index (χ3n) is 8.53. The average molecular weight is 612 g/mol. The number of benzene rings is 6. The molecule has 0 aliphatic rings. The fourth-order valence-electron chi connectivity index (χ4n) is 6.44. The molecule has 4 aromatic heterocycles. The zero-order valence-electron chi connectivity index (χ0n) is 23.7. The quantitative estimate of drug-likeness (QED) is 0.199. The minimum atomic E-state index is 0.651. The van der Waals surface area contributed by atoms with Crippen LogP contribution in [0.1, 0.15) is 0 Å². The molecule has 0 radical (unpaired) electrons. The molecule has 4 nitrogen and oxygen atoms in total. The number of hydrogen-bond acceptors (Lipinski definition) is 6. The van der Waals surface area contributed by atoms with E-state index in [1.165, 1.54) is 30.3 Å². The molecule has 0 aliphatic heterocycles. The van der Waals surface area contributed by atoms with Crippen LogP contribution in [0.3, 0.4) is 0 Å². The van der Waals surface area contributed by atoms with Crippen LogP contribution in [0.25, 0.3) is 96.4 Å². The summed E-state index contributed by atoms with van der Waals surface area (Å²) in [6.07, 6.45) is 0. The first-order valence-corrected chi connectivity index (χ1v) is 16.4. The van der Waals surface area contributed by atoms with Crippen molar-refractivity contribution in [2.45, 2.75) is 0 Å². The van der Waals surface area contributed by atoms with Crippen LogP contribution in [-0.2, 0) is 0 Å². The zero-order valence-corrected chi connectivity index (χ0v) is 25.3. The van der Waals surface area contributed by atoms with Crippen LogP contribution in [0, 0.1) is 0 Å². The molecule has 0 saturated carbocycles. The Labute approximate surface area is 264 Å². The lowest BCUT2D eigenvalue weighted by Gasteiger charge is -2.10. The van der Waals surface area contributed by atoms with Crippen LogP contribution >= 0.6 is 22.7 Å². The molecule has 10 aromatic rings. The Kier molecular flexibility index (Phi) is 5.29. The van der Waals surface area contributed by atoms with Crippen LogP contribution in [0.4, 0.5) is 0 Å². The highest BCUT2D eigenvalue weighted by atomic mass is 32.1. The molecule has 0 N–H and O–H groups in total. The maximum atomic E-state index is 6.53. The van der Waals surface area contributed by atoms with Gasteiger partial charge in [0.2, 0.25) is 0 Å². The third-order valence-corrected chi connectivity index (χ3v) is 10.9. The summed E-state index contributed by atoms with van der Waals surface area (Å²) < 4.78 is 11.3. The van der Waals surface area contributed by atoms with E-state index in [1.54, 1.807) is 22.7 Å². The van der Waals surface area contributed by atoms with Crippen molar-refractivity contribution >= 4 is 85.0 Å². The number of hydrogen-bond donors (Lipinski definition) is 0. The van der Waals surface area contributed by atoms with Gasteiger partial charge in [0.25, 0.3) is 0 Å². The first-order chi connectivity index (χ1) is 22.3. The Morgan fingerprint density at radius 1 is 0.444 bits per heavy atom. The monoisotopic (exact) mass is 611 g/mol. The molecular weight excluding hydrogens is 591 g/mol. The van der Waals surface area contributed by atoms with Crippen molar-refractivity contribution in [3.05, 3.63) is 127 Å². The Balaban J connectivity index is 1.29. The average Bonchev–Trinajstić information content (AvgIpc) is 3.79. The molecule has 0 saturated heterocycles. The van der Waals surface area contributed by atoms with Crippen LogP contribution in [-0.4, -0.2) is 15.0 Å². The van der Waals surface area contributed by atoms with Crippen LogP contribution in [0.2, 0.25) is 0 Å². The molecule has 0 spiro atoms. The fourth-order valence-corrected chi connectivity index (χ4v) is 8.79. The third kappa shape index (κ3) is 3.80. The number of rotatable bonds is 3. The standard InChI is InChI=1S/C39H21N3OS2/c1-2-10-22(11-3-1)37-40-38(23-18-19-26-25-13-5-8-16-31(25)44-33(26)20-23)42-39(41-37)29-21-28-24-12-4-7-15-30(24)43-35(28)34-27-14-6-9-17-32(27)45-36(29)34/h1-21H. The van der Waals surface area contributed by atoms with Gasteiger partial charge in [-0.3, -0.25) is 0 Å². The van der Waals surface area contributed by atoms with Gasteiger partial charge in [-0.25, -0.2) is 15.0 Å². The van der Waals surface area contributed by atoms with E-state index in [4.69, 9.17) is 19.4 Å². The van der Waals surface area contributed by atoms with Gasteiger partial charge >= 0.3 is 0 Å². The number of nitrogens with zero attached hydrogens (tertiary/aromatic N) is 3. The van der Waals surface area contributed by atoms with E-state index in [0.29, 0.717) is 17.5 Å². The summed E-state index contributed by atoms with van der Waals surface area (Å²) in [7, 11) is 0. The topological polar surface area (TPSA) is 51.8 Å². The first kappa shape index (κ1) is 25.0. The Hall–Kier alpha value is -5.43. The second-order valence-corrected chi connectivity index (χ2v) is 13.3. The van der Waals surface area contributed by atoms with Crippen molar-refractivity contribution in [2.24, 2.45) is 0 Å². The van der Waals surface area contributed by atoms with E-state index in [9.17, 15) is 0 Å². The van der Waals surface area contributed by atoms with E-state index < -0.39 is 0 Å². The van der Waals surface area contributed by atoms with E-state index in [2.05, 4.69) is 97.1 Å². The lowest BCUT2D eigenvalue weighted by molar-refractivity contribution is 0.673. The number of para-hydroxylation sites is 1. The Morgan fingerprint density at radius 2 is 1.09 bits per heavy atom. The molecule has 6 aromatic carbocycles. The van der Waals surface area contributed by atoms with Gasteiger partial charge in [-0.2, -0.15) is 0 Å². The molecule has 4 heterocycles. The molecular formula is C39H21N3OS2. The van der Waals surface area contributed by atoms with E-state index in [-0.39, 0.29) is 0 Å². The SMILES string of the molecule is c1ccc(-c2nc(-c3ccc4c(c3)sc3ccccc34)nc(-c3cc4c5ccccc5oc4c4c3sc3ccccc34)n2)cc1. The second-order valence-electron chi connectivity index (χ2n) is 11.2. The van der Waals surface area contributed by atoms with Crippen LogP contribution in [0.5, 0.6) is 0 Å². The first-order valence-electron chi connectivity index (χ1n) is 14.8. The van der Waals surface area contributed by atoms with E-state index in [1.807, 2.05) is 30.3 Å². The number of fused-ring (bicyclic) bond motifs is 10. The molecule has 0 atom stereocenters. The lowest BCUT2D eigenvalue weighted by atomic mass is 10.0. The number of thiophene rings is 2. The van der Waals surface area contributed by atoms with Gasteiger partial charge in [-0.1, -0.05) is 97.1 Å². The summed E-state index contributed by atoms with van der Waals surface area (Å²) in [5.74, 6) is 1.96. The van der Waals surface area contributed by atoms with Gasteiger partial charge in [-0.15, -0.1) is 22.7 Å². The highest BCUT2D eigenvalue weighted by Gasteiger charge is 2.22. The molecule has 0 fully saturated rings. The molecule has 0 bridgehead atoms. The van der Waals surface area contributed by atoms with Crippen LogP contribution in [0.15, 0.2) is 132 Å². The van der Waals surface area contributed by atoms with Gasteiger partial charge in [0, 0.05) is 63.1 Å². The van der Waals surface area contributed by atoms with Crippen molar-refractivity contribution in [2.75, 3.05) is 0 Å². The zero-order chi connectivity index (χ0) is 29.5. The van der Waals surface area contributed by atoms with Crippen molar-refractivity contribution < 1.29 is 4.42 Å². The molecule has 10 rings (SSSR count). The maximum absolute atomic E-state index is 6.53. The van der Waals surface area contributed by atoms with Crippen molar-refractivity contribution in [3.8, 4) is 34.2 Å². The summed E-state index contributed by atoms with van der Waals surface area (Å²) in [6.45, 7) is 0. The molecule has 210 valence electrons. The summed E-state index contributed by atoms with van der Waals surface area (Å²) in [4.78, 5) is 15.4. The van der Waals surface area contributed by atoms with Crippen molar-refractivity contribution in [1.29, 1.82) is 0 Å². The highest BCUT2D eigenvalue weighted by Crippen LogP contribution is 2.46. The van der Waals surface area contributed by atoms with Gasteiger partial charge in [0.1, 0.15) is 11.2 Å². The summed E-state index contributed by atoms with van der Waals surface area (Å²) in [5.41, 5.74) is 4.68. The summed E-state index contributed by atoms with van der Waals surface area (Å²) in [6, 6.07) is 44.3. The number of aromatic nitrogens is 3. The largest absolute Gasteiger partial charge is 0.455 e. The number of furan rings is 1. The smallest absolute Gasteiger partial charge is 0.165 e. The molecule has 0 aliphatic carbocycles. The summed E-state index contributed by atoms with van der Waals surface area (Å²) in [5, 5.41) is 6.95. The summed E-state index contributed by atoms with van der Waals surface area (Å²) >= 11 is 3.56. The van der Waals surface area contributed by atoms with Gasteiger partial charge in [-0.05, 0) is 30.3 Å². The molecule has 0 amide bonds. The minimum absolute atomic E-state index is 0.651. The van der Waals surface area contributed by atoms with Crippen molar-refractivity contribution in [1.82, 2.24) is 15.0 Å². The molecule has 45 heavy (non-hydrogen) atoms. The normalized spacial score (nSPS) is 12.0.